The summed E-state index contributed by atoms with van der Waals surface area (Å²) in [5.74, 6) is 3.28. The normalized spacial score (nSPS) is 20.4. The predicted molar refractivity (Wildman–Crippen MR) is 86.4 cm³/mol. The molecule has 1 aliphatic heterocycles. The Kier molecular flexibility index (Phi) is 4.61. The standard InChI is InChI=1S/C15H25N3S/c1-5-12-11-18(9-10-19-12)14-8-6-7-13(16-14)17-15(2,3)4/h6-8,12H,5,9-11H2,1-4H3,(H,16,17). The van der Waals surface area contributed by atoms with Crippen LogP contribution in [0.15, 0.2) is 18.2 Å². The first-order valence-corrected chi connectivity index (χ1v) is 8.14. The van der Waals surface area contributed by atoms with Gasteiger partial charge < -0.3 is 10.2 Å². The topological polar surface area (TPSA) is 28.2 Å². The highest BCUT2D eigenvalue weighted by molar-refractivity contribution is 8.00. The maximum atomic E-state index is 4.76. The van der Waals surface area contributed by atoms with Gasteiger partial charge in [0, 0.05) is 29.6 Å². The number of aromatic nitrogens is 1. The summed E-state index contributed by atoms with van der Waals surface area (Å²) in [4.78, 5) is 7.17. The molecule has 19 heavy (non-hydrogen) atoms. The van der Waals surface area contributed by atoms with E-state index in [2.05, 4.69) is 61.8 Å². The number of rotatable bonds is 3. The molecular formula is C15H25N3S. The molecule has 0 spiro atoms. The van der Waals surface area contributed by atoms with Crippen LogP contribution in [0.2, 0.25) is 0 Å². The third-order valence-electron chi connectivity index (χ3n) is 3.16. The molecule has 2 rings (SSSR count). The van der Waals surface area contributed by atoms with E-state index in [0.717, 1.165) is 30.0 Å². The van der Waals surface area contributed by atoms with Gasteiger partial charge >= 0.3 is 0 Å². The zero-order valence-corrected chi connectivity index (χ0v) is 13.3. The Morgan fingerprint density at radius 1 is 1.42 bits per heavy atom. The molecule has 1 aliphatic rings. The zero-order valence-electron chi connectivity index (χ0n) is 12.4. The molecule has 4 heteroatoms. The van der Waals surface area contributed by atoms with E-state index in [-0.39, 0.29) is 5.54 Å². The zero-order chi connectivity index (χ0) is 13.9. The van der Waals surface area contributed by atoms with Gasteiger partial charge in [-0.2, -0.15) is 11.8 Å². The summed E-state index contributed by atoms with van der Waals surface area (Å²) in [6.07, 6.45) is 1.24. The maximum absolute atomic E-state index is 4.76. The van der Waals surface area contributed by atoms with Gasteiger partial charge in [-0.1, -0.05) is 13.0 Å². The van der Waals surface area contributed by atoms with Gasteiger partial charge in [0.25, 0.3) is 0 Å². The number of thioether (sulfide) groups is 1. The van der Waals surface area contributed by atoms with E-state index in [1.165, 1.54) is 12.2 Å². The molecule has 0 aromatic carbocycles. The van der Waals surface area contributed by atoms with Crippen LogP contribution in [0, 0.1) is 0 Å². The van der Waals surface area contributed by atoms with Crippen molar-refractivity contribution in [3.63, 3.8) is 0 Å². The Morgan fingerprint density at radius 2 is 2.21 bits per heavy atom. The van der Waals surface area contributed by atoms with Crippen molar-refractivity contribution in [1.29, 1.82) is 0 Å². The molecule has 3 nitrogen and oxygen atoms in total. The van der Waals surface area contributed by atoms with Crippen LogP contribution in [0.3, 0.4) is 0 Å². The molecule has 0 amide bonds. The molecule has 1 aromatic rings. The van der Waals surface area contributed by atoms with Gasteiger partial charge in [-0.25, -0.2) is 4.98 Å². The molecule has 1 N–H and O–H groups in total. The van der Waals surface area contributed by atoms with E-state index < -0.39 is 0 Å². The first kappa shape index (κ1) is 14.5. The molecule has 1 aromatic heterocycles. The maximum Gasteiger partial charge on any atom is 0.131 e. The highest BCUT2D eigenvalue weighted by atomic mass is 32.2. The van der Waals surface area contributed by atoms with Gasteiger partial charge in [0.1, 0.15) is 11.6 Å². The second-order valence-electron chi connectivity index (χ2n) is 6.10. The molecule has 1 unspecified atom stereocenters. The molecule has 1 atom stereocenters. The molecule has 2 heterocycles. The second kappa shape index (κ2) is 6.04. The number of hydrogen-bond acceptors (Lipinski definition) is 4. The van der Waals surface area contributed by atoms with Crippen LogP contribution in [-0.4, -0.2) is 34.6 Å². The number of hydrogen-bond donors (Lipinski definition) is 1. The average molecular weight is 279 g/mol. The van der Waals surface area contributed by atoms with Crippen molar-refractivity contribution >= 4 is 23.4 Å². The molecule has 0 bridgehead atoms. The Hall–Kier alpha value is -0.900. The van der Waals surface area contributed by atoms with E-state index in [4.69, 9.17) is 4.98 Å². The van der Waals surface area contributed by atoms with Crippen LogP contribution in [-0.2, 0) is 0 Å². The van der Waals surface area contributed by atoms with E-state index in [1.807, 2.05) is 6.07 Å². The number of nitrogens with one attached hydrogen (secondary N) is 1. The summed E-state index contributed by atoms with van der Waals surface area (Å²) in [7, 11) is 0. The van der Waals surface area contributed by atoms with Gasteiger partial charge in [-0.3, -0.25) is 0 Å². The molecule has 0 saturated carbocycles. The Labute approximate surface area is 121 Å². The molecule has 0 aliphatic carbocycles. The third-order valence-corrected chi connectivity index (χ3v) is 4.53. The van der Waals surface area contributed by atoms with E-state index in [0.29, 0.717) is 0 Å². The minimum atomic E-state index is 0.0509. The molecule has 106 valence electrons. The SMILES string of the molecule is CCC1CN(c2cccc(NC(C)(C)C)n2)CCS1. The number of anilines is 2. The lowest BCUT2D eigenvalue weighted by molar-refractivity contribution is 0.629. The van der Waals surface area contributed by atoms with Crippen molar-refractivity contribution in [2.24, 2.45) is 0 Å². The summed E-state index contributed by atoms with van der Waals surface area (Å²) in [5, 5.41) is 4.19. The average Bonchev–Trinajstić information content (AvgIpc) is 2.37. The fourth-order valence-electron chi connectivity index (χ4n) is 2.23. The summed E-state index contributed by atoms with van der Waals surface area (Å²) < 4.78 is 0. The number of nitrogens with zero attached hydrogens (tertiary/aromatic N) is 2. The van der Waals surface area contributed by atoms with Crippen LogP contribution in [0.1, 0.15) is 34.1 Å². The van der Waals surface area contributed by atoms with Gasteiger partial charge in [0.15, 0.2) is 0 Å². The fourth-order valence-corrected chi connectivity index (χ4v) is 3.41. The smallest absolute Gasteiger partial charge is 0.131 e. The Bertz CT molecular complexity index is 414. The van der Waals surface area contributed by atoms with Gasteiger partial charge in [-0.15, -0.1) is 0 Å². The molecule has 0 radical (unpaired) electrons. The van der Waals surface area contributed by atoms with Crippen molar-refractivity contribution < 1.29 is 0 Å². The fraction of sp³-hybridized carbons (Fsp3) is 0.667. The van der Waals surface area contributed by atoms with Gasteiger partial charge in [0.2, 0.25) is 0 Å². The first-order valence-electron chi connectivity index (χ1n) is 7.10. The molecular weight excluding hydrogens is 254 g/mol. The first-order chi connectivity index (χ1) is 8.98. The minimum absolute atomic E-state index is 0.0509. The van der Waals surface area contributed by atoms with Crippen molar-refractivity contribution in [3.05, 3.63) is 18.2 Å². The van der Waals surface area contributed by atoms with Crippen molar-refractivity contribution in [3.8, 4) is 0 Å². The molecule has 1 fully saturated rings. The summed E-state index contributed by atoms with van der Waals surface area (Å²) >= 11 is 2.09. The van der Waals surface area contributed by atoms with Gasteiger partial charge in [-0.05, 0) is 39.3 Å². The van der Waals surface area contributed by atoms with E-state index in [9.17, 15) is 0 Å². The largest absolute Gasteiger partial charge is 0.365 e. The Balaban J connectivity index is 2.09. The van der Waals surface area contributed by atoms with Crippen LogP contribution in [0.25, 0.3) is 0 Å². The monoisotopic (exact) mass is 279 g/mol. The van der Waals surface area contributed by atoms with Crippen molar-refractivity contribution in [2.75, 3.05) is 29.1 Å². The third kappa shape index (κ3) is 4.30. The lowest BCUT2D eigenvalue weighted by Gasteiger charge is -2.33. The lowest BCUT2D eigenvalue weighted by Crippen LogP contribution is -2.38. The van der Waals surface area contributed by atoms with Crippen LogP contribution in [0.5, 0.6) is 0 Å². The minimum Gasteiger partial charge on any atom is -0.365 e. The summed E-state index contributed by atoms with van der Waals surface area (Å²) in [6.45, 7) is 11.0. The van der Waals surface area contributed by atoms with Crippen molar-refractivity contribution in [2.45, 2.75) is 44.9 Å². The van der Waals surface area contributed by atoms with E-state index in [1.54, 1.807) is 0 Å². The van der Waals surface area contributed by atoms with Crippen molar-refractivity contribution in [1.82, 2.24) is 4.98 Å². The van der Waals surface area contributed by atoms with E-state index >= 15 is 0 Å². The van der Waals surface area contributed by atoms with Crippen LogP contribution in [0.4, 0.5) is 11.6 Å². The highest BCUT2D eigenvalue weighted by Gasteiger charge is 2.20. The predicted octanol–water partition coefficient (Wildman–Crippen LogP) is 3.62. The summed E-state index contributed by atoms with van der Waals surface area (Å²) in [5.41, 5.74) is 0.0509. The van der Waals surface area contributed by atoms with Crippen LogP contribution < -0.4 is 10.2 Å². The number of pyridine rings is 1. The second-order valence-corrected chi connectivity index (χ2v) is 7.51. The summed E-state index contributed by atoms with van der Waals surface area (Å²) in [6, 6.07) is 6.26. The Morgan fingerprint density at radius 3 is 2.89 bits per heavy atom. The quantitative estimate of drug-likeness (QED) is 0.914. The highest BCUT2D eigenvalue weighted by Crippen LogP contribution is 2.25. The van der Waals surface area contributed by atoms with Gasteiger partial charge in [0.05, 0.1) is 0 Å². The molecule has 1 saturated heterocycles. The lowest BCUT2D eigenvalue weighted by atomic mass is 10.1. The van der Waals surface area contributed by atoms with Crippen LogP contribution >= 0.6 is 11.8 Å².